The number of anilines is 3. The number of benzene rings is 3. The van der Waals surface area contributed by atoms with E-state index in [0.717, 1.165) is 44.9 Å². The zero-order valence-electron chi connectivity index (χ0n) is 18.1. The average molecular weight is 406 g/mol. The zero-order chi connectivity index (χ0) is 22.0. The molecule has 0 radical (unpaired) electrons. The summed E-state index contributed by atoms with van der Waals surface area (Å²) < 4.78 is 0. The van der Waals surface area contributed by atoms with Gasteiger partial charge in [0.1, 0.15) is 0 Å². The minimum Gasteiger partial charge on any atom is -0.399 e. The highest BCUT2D eigenvalue weighted by Crippen LogP contribution is 2.41. The minimum atomic E-state index is 0.568. The normalized spacial score (nSPS) is 16.0. The van der Waals surface area contributed by atoms with Crippen molar-refractivity contribution < 1.29 is 0 Å². The number of allylic oxidation sites excluding steroid dienone is 4. The van der Waals surface area contributed by atoms with E-state index >= 15 is 0 Å². The quantitative estimate of drug-likeness (QED) is 0.372. The van der Waals surface area contributed by atoms with E-state index in [4.69, 9.17) is 5.73 Å². The van der Waals surface area contributed by atoms with Crippen LogP contribution < -0.4 is 10.6 Å². The Morgan fingerprint density at radius 2 is 1.77 bits per heavy atom. The van der Waals surface area contributed by atoms with Crippen molar-refractivity contribution in [3.63, 3.8) is 0 Å². The summed E-state index contributed by atoms with van der Waals surface area (Å²) in [4.78, 5) is 6.32. The largest absolute Gasteiger partial charge is 0.399 e. The maximum absolute atomic E-state index is 6.14. The number of hydrogen-bond donors (Lipinski definition) is 1. The summed E-state index contributed by atoms with van der Waals surface area (Å²) in [6.07, 6.45) is 6.32. The number of rotatable bonds is 4. The summed E-state index contributed by atoms with van der Waals surface area (Å²) in [6.45, 7) is 12.7. The van der Waals surface area contributed by atoms with Crippen LogP contribution in [0.4, 0.5) is 17.1 Å². The number of nitrogens with two attached hydrogens (primary N) is 1. The van der Waals surface area contributed by atoms with Gasteiger partial charge < -0.3 is 10.6 Å². The molecule has 3 aromatic carbocycles. The third-order valence-corrected chi connectivity index (χ3v) is 5.46. The molecule has 0 amide bonds. The van der Waals surface area contributed by atoms with Crippen LogP contribution in [0.2, 0.25) is 0 Å². The zero-order valence-corrected chi connectivity index (χ0v) is 18.1. The lowest BCUT2D eigenvalue weighted by Crippen LogP contribution is -2.13. The van der Waals surface area contributed by atoms with Crippen LogP contribution in [0.5, 0.6) is 0 Å². The van der Waals surface area contributed by atoms with E-state index in [-0.39, 0.29) is 0 Å². The van der Waals surface area contributed by atoms with Gasteiger partial charge in [-0.05, 0) is 73.2 Å². The van der Waals surface area contributed by atoms with Crippen LogP contribution >= 0.6 is 0 Å². The topological polar surface area (TPSA) is 41.6 Å². The van der Waals surface area contributed by atoms with Gasteiger partial charge in [0.2, 0.25) is 0 Å². The second kappa shape index (κ2) is 8.49. The van der Waals surface area contributed by atoms with Gasteiger partial charge in [-0.1, -0.05) is 54.6 Å². The van der Waals surface area contributed by atoms with Crippen molar-refractivity contribution in [1.29, 1.82) is 0 Å². The van der Waals surface area contributed by atoms with Crippen molar-refractivity contribution >= 4 is 29.4 Å². The van der Waals surface area contributed by atoms with Crippen LogP contribution in [0.15, 0.2) is 96.2 Å². The van der Waals surface area contributed by atoms with E-state index in [0.29, 0.717) is 6.54 Å². The molecule has 0 spiro atoms. The lowest BCUT2D eigenvalue weighted by atomic mass is 9.96. The maximum atomic E-state index is 6.14. The van der Waals surface area contributed by atoms with Crippen molar-refractivity contribution in [1.82, 2.24) is 0 Å². The van der Waals surface area contributed by atoms with Gasteiger partial charge in [-0.2, -0.15) is 0 Å². The lowest BCUT2D eigenvalue weighted by molar-refractivity contribution is 1.08. The Morgan fingerprint density at radius 3 is 2.55 bits per heavy atom. The molecule has 0 aliphatic carbocycles. The highest BCUT2D eigenvalue weighted by Gasteiger charge is 2.19. The molecule has 4 rings (SSSR count). The monoisotopic (exact) mass is 405 g/mol. The van der Waals surface area contributed by atoms with Crippen molar-refractivity contribution in [2.24, 2.45) is 4.99 Å². The summed E-state index contributed by atoms with van der Waals surface area (Å²) in [7, 11) is 0. The van der Waals surface area contributed by atoms with Crippen molar-refractivity contribution in [2.75, 3.05) is 10.6 Å². The van der Waals surface area contributed by atoms with Crippen LogP contribution in [0.25, 0.3) is 16.7 Å². The molecule has 31 heavy (non-hydrogen) atoms. The van der Waals surface area contributed by atoms with Crippen LogP contribution in [0.3, 0.4) is 0 Å². The second-order valence-corrected chi connectivity index (χ2v) is 7.98. The molecule has 0 saturated heterocycles. The predicted octanol–water partition coefficient (Wildman–Crippen LogP) is 7.07. The van der Waals surface area contributed by atoms with Crippen LogP contribution in [0.1, 0.15) is 23.6 Å². The fourth-order valence-corrected chi connectivity index (χ4v) is 3.96. The average Bonchev–Trinajstić information content (AvgIpc) is 2.74. The first kappa shape index (κ1) is 20.4. The third kappa shape index (κ3) is 4.22. The molecule has 154 valence electrons. The summed E-state index contributed by atoms with van der Waals surface area (Å²) in [5.41, 5.74) is 16.7. The van der Waals surface area contributed by atoms with Gasteiger partial charge in [0.25, 0.3) is 0 Å². The molecule has 1 heterocycles. The van der Waals surface area contributed by atoms with Crippen LogP contribution in [0, 0.1) is 6.92 Å². The van der Waals surface area contributed by atoms with Gasteiger partial charge in [0.15, 0.2) is 0 Å². The summed E-state index contributed by atoms with van der Waals surface area (Å²) in [5, 5.41) is 0. The molecule has 1 aliphatic rings. The molecular formula is C28H27N3. The molecule has 0 atom stereocenters. The summed E-state index contributed by atoms with van der Waals surface area (Å²) in [5.74, 6) is 0. The molecule has 3 nitrogen and oxygen atoms in total. The Labute approximate surface area is 184 Å². The van der Waals surface area contributed by atoms with Crippen molar-refractivity contribution in [3.8, 4) is 11.1 Å². The molecular weight excluding hydrogens is 378 g/mol. The van der Waals surface area contributed by atoms with Gasteiger partial charge in [-0.3, -0.25) is 4.99 Å². The summed E-state index contributed by atoms with van der Waals surface area (Å²) >= 11 is 0. The Kier molecular flexibility index (Phi) is 5.59. The fraction of sp³-hybridized carbons (Fsp3) is 0.107. The van der Waals surface area contributed by atoms with Gasteiger partial charge in [-0.15, -0.1) is 0 Å². The number of aliphatic imine (C=N–C) groups is 1. The van der Waals surface area contributed by atoms with Gasteiger partial charge in [-0.25, -0.2) is 0 Å². The fourth-order valence-electron chi connectivity index (χ4n) is 3.96. The maximum Gasteiger partial charge on any atom is 0.0633 e. The minimum absolute atomic E-state index is 0.568. The smallest absolute Gasteiger partial charge is 0.0633 e. The van der Waals surface area contributed by atoms with Gasteiger partial charge >= 0.3 is 0 Å². The lowest BCUT2D eigenvalue weighted by Gasteiger charge is -2.28. The number of hydrogen-bond acceptors (Lipinski definition) is 3. The molecule has 0 aromatic heterocycles. The third-order valence-electron chi connectivity index (χ3n) is 5.46. The first-order valence-corrected chi connectivity index (χ1v) is 10.3. The number of nitrogen functional groups attached to an aromatic ring is 1. The Hall–Kier alpha value is -3.85. The van der Waals surface area contributed by atoms with E-state index < -0.39 is 0 Å². The van der Waals surface area contributed by atoms with E-state index in [1.807, 2.05) is 12.1 Å². The molecule has 0 fully saturated rings. The molecule has 3 aromatic rings. The van der Waals surface area contributed by atoms with Crippen molar-refractivity contribution in [2.45, 2.75) is 20.4 Å². The first-order chi connectivity index (χ1) is 15.0. The van der Waals surface area contributed by atoms with Gasteiger partial charge in [0, 0.05) is 23.0 Å². The molecule has 0 saturated carbocycles. The molecule has 1 aliphatic heterocycles. The van der Waals surface area contributed by atoms with Gasteiger partial charge in [0.05, 0.1) is 17.9 Å². The molecule has 0 bridgehead atoms. The van der Waals surface area contributed by atoms with Crippen LogP contribution in [-0.2, 0) is 6.54 Å². The van der Waals surface area contributed by atoms with E-state index in [1.165, 1.54) is 11.1 Å². The highest BCUT2D eigenvalue weighted by atomic mass is 15.1. The number of nitrogens with zero attached hydrogens (tertiary/aromatic N) is 2. The predicted molar refractivity (Wildman–Crippen MR) is 135 cm³/mol. The Balaban J connectivity index is 2.00. The SMILES string of the molecule is C=NCc1ccc(-c2cccc(C)c2)c(N2/C=C\C(C)=C/C(=C)c3cc(N)ccc32)c1. The van der Waals surface area contributed by atoms with E-state index in [9.17, 15) is 0 Å². The second-order valence-electron chi connectivity index (χ2n) is 7.98. The van der Waals surface area contributed by atoms with E-state index in [2.05, 4.69) is 104 Å². The Bertz CT molecular complexity index is 1230. The number of aryl methyl sites for hydroxylation is 1. The highest BCUT2D eigenvalue weighted by molar-refractivity contribution is 5.91. The molecule has 3 heteroatoms. The van der Waals surface area contributed by atoms with E-state index in [1.54, 1.807) is 0 Å². The molecule has 0 unspecified atom stereocenters. The Morgan fingerprint density at radius 1 is 0.935 bits per heavy atom. The van der Waals surface area contributed by atoms with Crippen molar-refractivity contribution in [3.05, 3.63) is 108 Å². The first-order valence-electron chi connectivity index (χ1n) is 10.3. The summed E-state index contributed by atoms with van der Waals surface area (Å²) in [6, 6.07) is 21.1. The number of fused-ring (bicyclic) bond motifs is 1. The van der Waals surface area contributed by atoms with Crippen LogP contribution in [-0.4, -0.2) is 6.72 Å². The standard InChI is InChI=1S/C28H27N3/c1-19-6-5-7-23(15-19)25-10-8-22(18-30-4)16-28(25)31-13-12-20(2)14-21(3)26-17-24(29)9-11-27(26)31/h5-17H,3-4,18,29H2,1-2H3/b13-12-,20-14-. The molecule has 2 N–H and O–H groups in total.